The highest BCUT2D eigenvalue weighted by Gasteiger charge is 2.27. The average Bonchev–Trinajstić information content (AvgIpc) is 3.04. The molecule has 2 heterocycles. The Hall–Kier alpha value is -2.41. The lowest BCUT2D eigenvalue weighted by molar-refractivity contribution is -0.145. The van der Waals surface area contributed by atoms with Crippen molar-refractivity contribution in [1.82, 2.24) is 9.88 Å². The summed E-state index contributed by atoms with van der Waals surface area (Å²) in [6.45, 7) is 5.48. The lowest BCUT2D eigenvalue weighted by Crippen LogP contribution is -2.40. The molecule has 28 heavy (non-hydrogen) atoms. The number of piperidine rings is 1. The second kappa shape index (κ2) is 9.19. The molecule has 1 aromatic carbocycles. The molecule has 2 aromatic rings. The molecular formula is C21H27FN2O4. The van der Waals surface area contributed by atoms with Gasteiger partial charge in [-0.1, -0.05) is 6.42 Å². The zero-order chi connectivity index (χ0) is 20.1. The molecule has 1 aliphatic rings. The van der Waals surface area contributed by atoms with Crippen molar-refractivity contribution < 1.29 is 23.1 Å². The number of oxazole rings is 1. The van der Waals surface area contributed by atoms with Gasteiger partial charge in [-0.2, -0.15) is 0 Å². The van der Waals surface area contributed by atoms with Gasteiger partial charge >= 0.3 is 5.97 Å². The topological polar surface area (TPSA) is 64.8 Å². The SMILES string of the molecule is CCOC(=O)CC1CCCCN1Cc1nc(-c2cc(OC)ccc2F)oc1C. The van der Waals surface area contributed by atoms with E-state index in [0.29, 0.717) is 31.1 Å². The fraction of sp³-hybridized carbons (Fsp3) is 0.524. The Kier molecular flexibility index (Phi) is 6.67. The molecule has 7 heteroatoms. The predicted molar refractivity (Wildman–Crippen MR) is 102 cm³/mol. The molecular weight excluding hydrogens is 363 g/mol. The monoisotopic (exact) mass is 390 g/mol. The number of benzene rings is 1. The van der Waals surface area contributed by atoms with E-state index < -0.39 is 5.82 Å². The van der Waals surface area contributed by atoms with Gasteiger partial charge in [-0.25, -0.2) is 9.37 Å². The van der Waals surface area contributed by atoms with Crippen LogP contribution in [0.4, 0.5) is 4.39 Å². The van der Waals surface area contributed by atoms with Crippen LogP contribution >= 0.6 is 0 Å². The molecule has 1 saturated heterocycles. The van der Waals surface area contributed by atoms with Gasteiger partial charge in [0.2, 0.25) is 5.89 Å². The van der Waals surface area contributed by atoms with E-state index in [0.717, 1.165) is 31.5 Å². The number of halogens is 1. The molecule has 0 N–H and O–H groups in total. The zero-order valence-corrected chi connectivity index (χ0v) is 16.7. The molecule has 1 atom stereocenters. The standard InChI is InChI=1S/C21H27FN2O4/c1-4-27-20(25)11-15-7-5-6-10-24(15)13-19-14(2)28-21(23-19)17-12-16(26-3)8-9-18(17)22/h8-9,12,15H,4-7,10-11,13H2,1-3H3. The van der Waals surface area contributed by atoms with Crippen molar-refractivity contribution in [1.29, 1.82) is 0 Å². The molecule has 1 aliphatic heterocycles. The molecule has 1 fully saturated rings. The maximum Gasteiger partial charge on any atom is 0.307 e. The molecule has 0 aliphatic carbocycles. The van der Waals surface area contributed by atoms with Gasteiger partial charge in [0.1, 0.15) is 17.3 Å². The summed E-state index contributed by atoms with van der Waals surface area (Å²) in [6.07, 6.45) is 3.50. The van der Waals surface area contributed by atoms with Crippen LogP contribution in [0.3, 0.4) is 0 Å². The van der Waals surface area contributed by atoms with Crippen LogP contribution in [-0.2, 0) is 16.1 Å². The van der Waals surface area contributed by atoms with Gasteiger partial charge in [0.15, 0.2) is 0 Å². The minimum atomic E-state index is -0.410. The number of nitrogens with zero attached hydrogens (tertiary/aromatic N) is 2. The van der Waals surface area contributed by atoms with Crippen molar-refractivity contribution >= 4 is 5.97 Å². The van der Waals surface area contributed by atoms with E-state index in [9.17, 15) is 9.18 Å². The van der Waals surface area contributed by atoms with Crippen molar-refractivity contribution in [2.45, 2.75) is 52.1 Å². The summed E-state index contributed by atoms with van der Waals surface area (Å²) in [7, 11) is 1.53. The maximum atomic E-state index is 14.3. The Labute approximate surface area is 164 Å². The minimum absolute atomic E-state index is 0.126. The molecule has 0 radical (unpaired) electrons. The van der Waals surface area contributed by atoms with Gasteiger partial charge in [0, 0.05) is 12.6 Å². The van der Waals surface area contributed by atoms with Gasteiger partial charge in [0.25, 0.3) is 0 Å². The fourth-order valence-corrected chi connectivity index (χ4v) is 3.59. The number of aromatic nitrogens is 1. The number of carbonyl (C=O) groups is 1. The van der Waals surface area contributed by atoms with Crippen LogP contribution in [0.25, 0.3) is 11.5 Å². The lowest BCUT2D eigenvalue weighted by atomic mass is 9.99. The molecule has 0 amide bonds. The molecule has 1 aromatic heterocycles. The highest BCUT2D eigenvalue weighted by Crippen LogP contribution is 2.29. The van der Waals surface area contributed by atoms with E-state index in [1.165, 1.54) is 13.2 Å². The largest absolute Gasteiger partial charge is 0.497 e. The highest BCUT2D eigenvalue weighted by atomic mass is 19.1. The minimum Gasteiger partial charge on any atom is -0.497 e. The van der Waals surface area contributed by atoms with E-state index >= 15 is 0 Å². The van der Waals surface area contributed by atoms with Crippen molar-refractivity contribution in [3.63, 3.8) is 0 Å². The molecule has 1 unspecified atom stereocenters. The normalized spacial score (nSPS) is 17.5. The molecule has 0 saturated carbocycles. The third-order valence-corrected chi connectivity index (χ3v) is 5.11. The van der Waals surface area contributed by atoms with Crippen LogP contribution < -0.4 is 4.74 Å². The van der Waals surface area contributed by atoms with Gasteiger partial charge in [-0.3, -0.25) is 9.69 Å². The number of hydrogen-bond donors (Lipinski definition) is 0. The van der Waals surface area contributed by atoms with Crippen LogP contribution in [0.2, 0.25) is 0 Å². The van der Waals surface area contributed by atoms with E-state index in [4.69, 9.17) is 13.9 Å². The van der Waals surface area contributed by atoms with E-state index in [2.05, 4.69) is 9.88 Å². The van der Waals surface area contributed by atoms with Crippen molar-refractivity contribution in [2.75, 3.05) is 20.3 Å². The van der Waals surface area contributed by atoms with Gasteiger partial charge in [-0.15, -0.1) is 0 Å². The zero-order valence-electron chi connectivity index (χ0n) is 16.7. The summed E-state index contributed by atoms with van der Waals surface area (Å²) in [5.74, 6) is 0.849. The molecule has 0 spiro atoms. The van der Waals surface area contributed by atoms with Crippen LogP contribution in [-0.4, -0.2) is 42.2 Å². The Morgan fingerprint density at radius 2 is 2.21 bits per heavy atom. The first-order chi connectivity index (χ1) is 13.5. The van der Waals surface area contributed by atoms with E-state index in [-0.39, 0.29) is 23.5 Å². The predicted octanol–water partition coefficient (Wildman–Crippen LogP) is 4.11. The Bertz CT molecular complexity index is 821. The third kappa shape index (κ3) is 4.70. The maximum absolute atomic E-state index is 14.3. The quantitative estimate of drug-likeness (QED) is 0.663. The Morgan fingerprint density at radius 3 is 2.96 bits per heavy atom. The smallest absolute Gasteiger partial charge is 0.307 e. The number of rotatable bonds is 7. The van der Waals surface area contributed by atoms with E-state index in [1.54, 1.807) is 12.1 Å². The fourth-order valence-electron chi connectivity index (χ4n) is 3.59. The van der Waals surface area contributed by atoms with Crippen LogP contribution in [0, 0.1) is 12.7 Å². The number of aryl methyl sites for hydroxylation is 1. The molecule has 0 bridgehead atoms. The van der Waals surface area contributed by atoms with E-state index in [1.807, 2.05) is 13.8 Å². The van der Waals surface area contributed by atoms with Crippen molar-refractivity contribution in [2.24, 2.45) is 0 Å². The second-order valence-corrected chi connectivity index (χ2v) is 7.00. The Balaban J connectivity index is 1.78. The molecule has 3 rings (SSSR count). The van der Waals surface area contributed by atoms with Crippen molar-refractivity contribution in [3.8, 4) is 17.2 Å². The number of methoxy groups -OCH3 is 1. The lowest BCUT2D eigenvalue weighted by Gasteiger charge is -2.34. The summed E-state index contributed by atoms with van der Waals surface area (Å²) in [6, 6.07) is 4.60. The number of carbonyl (C=O) groups excluding carboxylic acids is 1. The van der Waals surface area contributed by atoms with Crippen molar-refractivity contribution in [3.05, 3.63) is 35.5 Å². The first kappa shape index (κ1) is 20.3. The van der Waals surface area contributed by atoms with Crippen LogP contribution in [0.1, 0.15) is 44.1 Å². The summed E-state index contributed by atoms with van der Waals surface area (Å²) in [4.78, 5) is 18.7. The van der Waals surface area contributed by atoms with Crippen LogP contribution in [0.15, 0.2) is 22.6 Å². The second-order valence-electron chi connectivity index (χ2n) is 7.00. The summed E-state index contributed by atoms with van der Waals surface area (Å²) >= 11 is 0. The summed E-state index contributed by atoms with van der Waals surface area (Å²) in [5.41, 5.74) is 1.03. The highest BCUT2D eigenvalue weighted by molar-refractivity contribution is 5.70. The first-order valence-corrected chi connectivity index (χ1v) is 9.71. The van der Waals surface area contributed by atoms with Gasteiger partial charge < -0.3 is 13.9 Å². The van der Waals surface area contributed by atoms with Gasteiger partial charge in [-0.05, 0) is 51.4 Å². The summed E-state index contributed by atoms with van der Waals surface area (Å²) in [5, 5.41) is 0. The summed E-state index contributed by atoms with van der Waals surface area (Å²) < 4.78 is 30.3. The van der Waals surface area contributed by atoms with Gasteiger partial charge in [0.05, 0.1) is 31.4 Å². The number of esters is 1. The number of hydrogen-bond acceptors (Lipinski definition) is 6. The first-order valence-electron chi connectivity index (χ1n) is 9.71. The third-order valence-electron chi connectivity index (χ3n) is 5.11. The molecule has 6 nitrogen and oxygen atoms in total. The number of ether oxygens (including phenoxy) is 2. The Morgan fingerprint density at radius 1 is 1.39 bits per heavy atom. The molecule has 152 valence electrons. The van der Waals surface area contributed by atoms with Crippen LogP contribution in [0.5, 0.6) is 5.75 Å². The number of likely N-dealkylation sites (tertiary alicyclic amines) is 1. The average molecular weight is 390 g/mol.